The quantitative estimate of drug-likeness (QED) is 0.489. The minimum absolute atomic E-state index is 0.999. The van der Waals surface area contributed by atoms with Gasteiger partial charge in [0.15, 0.2) is 0 Å². The van der Waals surface area contributed by atoms with E-state index in [0.29, 0.717) is 0 Å². The molecule has 0 aromatic rings. The van der Waals surface area contributed by atoms with Crippen LogP contribution in [0.2, 0.25) is 0 Å². The fraction of sp³-hybridized carbons (Fsp3) is 0.333. The smallest absolute Gasteiger partial charge is 0.0378 e. The summed E-state index contributed by atoms with van der Waals surface area (Å²) in [6, 6.07) is 0. The third-order valence-corrected chi connectivity index (χ3v) is 2.09. The molecule has 0 aliphatic heterocycles. The molecule has 0 unspecified atom stereocenters. The van der Waals surface area contributed by atoms with Crippen molar-refractivity contribution in [3.05, 3.63) is 60.5 Å². The standard InChI is InChI=1S/C15H23N/c1-5-9-12-14(8-4)16-15(11-7-3)13-10-6-2/h5-8,10-11,13,16H,1,9,12H2,2-4H3/b10-6-,11-7-,14-8+,15-13+. The van der Waals surface area contributed by atoms with Crippen molar-refractivity contribution < 1.29 is 0 Å². The van der Waals surface area contributed by atoms with Gasteiger partial charge in [-0.3, -0.25) is 0 Å². The molecule has 0 aromatic heterocycles. The van der Waals surface area contributed by atoms with Gasteiger partial charge in [0.2, 0.25) is 0 Å². The van der Waals surface area contributed by atoms with Crippen molar-refractivity contribution in [1.82, 2.24) is 5.32 Å². The van der Waals surface area contributed by atoms with E-state index < -0.39 is 0 Å². The Balaban J connectivity index is 4.53. The molecule has 1 nitrogen and oxygen atoms in total. The van der Waals surface area contributed by atoms with Crippen molar-refractivity contribution in [2.24, 2.45) is 0 Å². The fourth-order valence-electron chi connectivity index (χ4n) is 1.24. The van der Waals surface area contributed by atoms with Gasteiger partial charge in [0.25, 0.3) is 0 Å². The average Bonchev–Trinajstić information content (AvgIpc) is 2.31. The summed E-state index contributed by atoms with van der Waals surface area (Å²) in [6.07, 6.45) is 16.3. The molecule has 0 saturated carbocycles. The van der Waals surface area contributed by atoms with Crippen molar-refractivity contribution in [1.29, 1.82) is 0 Å². The zero-order valence-corrected chi connectivity index (χ0v) is 10.7. The second-order valence-corrected chi connectivity index (χ2v) is 3.41. The van der Waals surface area contributed by atoms with Gasteiger partial charge in [-0.15, -0.1) is 6.58 Å². The Kier molecular flexibility index (Phi) is 9.09. The molecular weight excluding hydrogens is 194 g/mol. The molecule has 0 aliphatic carbocycles. The summed E-state index contributed by atoms with van der Waals surface area (Å²) in [5.41, 5.74) is 2.34. The van der Waals surface area contributed by atoms with E-state index in [4.69, 9.17) is 0 Å². The predicted molar refractivity (Wildman–Crippen MR) is 74.0 cm³/mol. The minimum atomic E-state index is 0.999. The number of hydrogen-bond acceptors (Lipinski definition) is 1. The van der Waals surface area contributed by atoms with Gasteiger partial charge in [0, 0.05) is 11.4 Å². The van der Waals surface area contributed by atoms with Crippen LogP contribution in [0.5, 0.6) is 0 Å². The molecule has 0 heterocycles. The first-order valence-electron chi connectivity index (χ1n) is 5.77. The SMILES string of the molecule is C=CCC/C(=C\C)NC(/C=C\C)=C/C=C\C. The topological polar surface area (TPSA) is 12.0 Å². The molecule has 1 heteroatoms. The molecule has 16 heavy (non-hydrogen) atoms. The lowest BCUT2D eigenvalue weighted by Gasteiger charge is -2.10. The van der Waals surface area contributed by atoms with Crippen molar-refractivity contribution in [2.75, 3.05) is 0 Å². The fourth-order valence-corrected chi connectivity index (χ4v) is 1.24. The molecule has 0 amide bonds. The Morgan fingerprint density at radius 3 is 2.44 bits per heavy atom. The van der Waals surface area contributed by atoms with E-state index in [1.165, 1.54) is 5.70 Å². The van der Waals surface area contributed by atoms with E-state index in [1.807, 2.05) is 45.1 Å². The first-order valence-corrected chi connectivity index (χ1v) is 5.77. The van der Waals surface area contributed by atoms with Crippen LogP contribution in [0.25, 0.3) is 0 Å². The van der Waals surface area contributed by atoms with Crippen LogP contribution < -0.4 is 5.32 Å². The number of nitrogens with one attached hydrogen (secondary N) is 1. The summed E-state index contributed by atoms with van der Waals surface area (Å²) in [6.45, 7) is 9.82. The highest BCUT2D eigenvalue weighted by atomic mass is 14.9. The minimum Gasteiger partial charge on any atom is -0.359 e. The largest absolute Gasteiger partial charge is 0.359 e. The number of rotatable bonds is 7. The van der Waals surface area contributed by atoms with E-state index in [2.05, 4.69) is 30.1 Å². The van der Waals surface area contributed by atoms with Crippen molar-refractivity contribution in [2.45, 2.75) is 33.6 Å². The second kappa shape index (κ2) is 10.0. The van der Waals surface area contributed by atoms with Gasteiger partial charge in [-0.2, -0.15) is 0 Å². The Bertz CT molecular complexity index is 303. The Morgan fingerprint density at radius 2 is 1.94 bits per heavy atom. The summed E-state index contributed by atoms with van der Waals surface area (Å²) in [4.78, 5) is 0. The molecule has 0 aliphatic rings. The maximum atomic E-state index is 3.74. The lowest BCUT2D eigenvalue weighted by molar-refractivity contribution is 0.858. The molecule has 0 rings (SSSR count). The van der Waals surface area contributed by atoms with Crippen LogP contribution >= 0.6 is 0 Å². The third kappa shape index (κ3) is 6.88. The summed E-state index contributed by atoms with van der Waals surface area (Å²) in [7, 11) is 0. The zero-order valence-electron chi connectivity index (χ0n) is 10.7. The molecule has 1 N–H and O–H groups in total. The monoisotopic (exact) mass is 217 g/mol. The first-order chi connectivity index (χ1) is 7.78. The van der Waals surface area contributed by atoms with Crippen LogP contribution in [0.3, 0.4) is 0 Å². The van der Waals surface area contributed by atoms with Crippen LogP contribution in [-0.4, -0.2) is 0 Å². The molecule has 0 aromatic carbocycles. The molecular formula is C15H23N. The Labute approximate surface area is 100.0 Å². The Morgan fingerprint density at radius 1 is 1.19 bits per heavy atom. The lowest BCUT2D eigenvalue weighted by atomic mass is 10.2. The maximum absolute atomic E-state index is 3.74. The third-order valence-electron chi connectivity index (χ3n) is 2.09. The highest BCUT2D eigenvalue weighted by Gasteiger charge is 1.95. The van der Waals surface area contributed by atoms with Crippen molar-refractivity contribution in [3.8, 4) is 0 Å². The van der Waals surface area contributed by atoms with Crippen LogP contribution in [0.15, 0.2) is 60.5 Å². The van der Waals surface area contributed by atoms with Crippen molar-refractivity contribution in [3.63, 3.8) is 0 Å². The van der Waals surface area contributed by atoms with E-state index in [1.54, 1.807) is 0 Å². The van der Waals surface area contributed by atoms with Gasteiger partial charge in [-0.05, 0) is 45.8 Å². The predicted octanol–water partition coefficient (Wildman–Crippen LogP) is 4.48. The first kappa shape index (κ1) is 14.5. The highest BCUT2D eigenvalue weighted by Crippen LogP contribution is 2.06. The lowest BCUT2D eigenvalue weighted by Crippen LogP contribution is -2.11. The van der Waals surface area contributed by atoms with Gasteiger partial charge in [0.05, 0.1) is 0 Å². The number of allylic oxidation sites excluding steroid dienone is 8. The molecule has 0 radical (unpaired) electrons. The van der Waals surface area contributed by atoms with E-state index in [-0.39, 0.29) is 0 Å². The summed E-state index contributed by atoms with van der Waals surface area (Å²) < 4.78 is 0. The van der Waals surface area contributed by atoms with Crippen LogP contribution in [-0.2, 0) is 0 Å². The van der Waals surface area contributed by atoms with Gasteiger partial charge in [-0.25, -0.2) is 0 Å². The molecule has 0 saturated heterocycles. The van der Waals surface area contributed by atoms with E-state index in [9.17, 15) is 0 Å². The van der Waals surface area contributed by atoms with Gasteiger partial charge in [0.1, 0.15) is 0 Å². The van der Waals surface area contributed by atoms with Gasteiger partial charge >= 0.3 is 0 Å². The van der Waals surface area contributed by atoms with E-state index >= 15 is 0 Å². The van der Waals surface area contributed by atoms with Gasteiger partial charge < -0.3 is 5.32 Å². The zero-order chi connectivity index (χ0) is 12.2. The number of hydrogen-bond donors (Lipinski definition) is 1. The highest BCUT2D eigenvalue weighted by molar-refractivity contribution is 5.25. The van der Waals surface area contributed by atoms with Crippen LogP contribution in [0, 0.1) is 0 Å². The average molecular weight is 217 g/mol. The second-order valence-electron chi connectivity index (χ2n) is 3.41. The summed E-state index contributed by atoms with van der Waals surface area (Å²) >= 11 is 0. The summed E-state index contributed by atoms with van der Waals surface area (Å²) in [5, 5.41) is 3.41. The molecule has 0 bridgehead atoms. The normalized spacial score (nSPS) is 13.7. The summed E-state index contributed by atoms with van der Waals surface area (Å²) in [5.74, 6) is 0. The maximum Gasteiger partial charge on any atom is 0.0378 e. The van der Waals surface area contributed by atoms with Crippen molar-refractivity contribution >= 4 is 0 Å². The Hall–Kier alpha value is -1.50. The molecule has 0 fully saturated rings. The van der Waals surface area contributed by atoms with Crippen LogP contribution in [0.4, 0.5) is 0 Å². The molecule has 0 spiro atoms. The molecule has 88 valence electrons. The molecule has 0 atom stereocenters. The van der Waals surface area contributed by atoms with Crippen LogP contribution in [0.1, 0.15) is 33.6 Å². The van der Waals surface area contributed by atoms with E-state index in [0.717, 1.165) is 18.5 Å². The van der Waals surface area contributed by atoms with Gasteiger partial charge in [-0.1, -0.05) is 30.4 Å².